The molecular formula is C21H18ClN3O3. The van der Waals surface area contributed by atoms with E-state index in [1.165, 1.54) is 29.8 Å². The van der Waals surface area contributed by atoms with Crippen LogP contribution in [0, 0.1) is 0 Å². The lowest BCUT2D eigenvalue weighted by Crippen LogP contribution is -2.22. The number of halogens is 1. The van der Waals surface area contributed by atoms with Crippen LogP contribution in [0.25, 0.3) is 0 Å². The van der Waals surface area contributed by atoms with Gasteiger partial charge in [-0.2, -0.15) is 0 Å². The minimum absolute atomic E-state index is 0.198. The lowest BCUT2D eigenvalue weighted by molar-refractivity contribution is -0.114. The normalized spacial score (nSPS) is 10.4. The van der Waals surface area contributed by atoms with Crippen molar-refractivity contribution in [3.63, 3.8) is 0 Å². The summed E-state index contributed by atoms with van der Waals surface area (Å²) in [5.74, 6) is -0.559. The van der Waals surface area contributed by atoms with E-state index in [9.17, 15) is 14.4 Å². The molecule has 7 heteroatoms. The fourth-order valence-corrected chi connectivity index (χ4v) is 2.92. The molecule has 6 nitrogen and oxygen atoms in total. The van der Waals surface area contributed by atoms with Crippen LogP contribution in [0.1, 0.15) is 22.8 Å². The van der Waals surface area contributed by atoms with Crippen LogP contribution in [0.15, 0.2) is 71.7 Å². The Bertz CT molecular complexity index is 1090. The van der Waals surface area contributed by atoms with Gasteiger partial charge in [0, 0.05) is 35.6 Å². The van der Waals surface area contributed by atoms with Gasteiger partial charge in [0.2, 0.25) is 5.91 Å². The van der Waals surface area contributed by atoms with Crippen molar-refractivity contribution in [2.24, 2.45) is 0 Å². The first-order chi connectivity index (χ1) is 13.4. The quantitative estimate of drug-likeness (QED) is 0.690. The first-order valence-electron chi connectivity index (χ1n) is 8.55. The van der Waals surface area contributed by atoms with Crippen molar-refractivity contribution in [3.8, 4) is 0 Å². The van der Waals surface area contributed by atoms with E-state index in [-0.39, 0.29) is 17.4 Å². The van der Waals surface area contributed by atoms with Gasteiger partial charge in [0.05, 0.1) is 12.1 Å². The first-order valence-corrected chi connectivity index (χ1v) is 8.92. The van der Waals surface area contributed by atoms with Gasteiger partial charge in [0.25, 0.3) is 11.5 Å². The third kappa shape index (κ3) is 5.08. The van der Waals surface area contributed by atoms with E-state index >= 15 is 0 Å². The summed E-state index contributed by atoms with van der Waals surface area (Å²) in [4.78, 5) is 35.9. The van der Waals surface area contributed by atoms with Crippen molar-refractivity contribution >= 4 is 34.8 Å². The molecule has 0 aliphatic heterocycles. The predicted octanol–water partition coefficient (Wildman–Crippen LogP) is 3.76. The fraction of sp³-hybridized carbons (Fsp3) is 0.0952. The number of carbonyl (C=O) groups excluding carboxylic acids is 2. The number of anilines is 2. The Morgan fingerprint density at radius 3 is 2.39 bits per heavy atom. The molecule has 0 atom stereocenters. The molecule has 142 valence electrons. The fourth-order valence-electron chi connectivity index (χ4n) is 2.70. The summed E-state index contributed by atoms with van der Waals surface area (Å²) >= 11 is 5.99. The smallest absolute Gasteiger partial charge is 0.257 e. The molecule has 3 rings (SSSR count). The number of carbonyl (C=O) groups is 2. The zero-order valence-electron chi connectivity index (χ0n) is 15.1. The van der Waals surface area contributed by atoms with Crippen LogP contribution in [0.3, 0.4) is 0 Å². The molecule has 28 heavy (non-hydrogen) atoms. The molecule has 0 radical (unpaired) electrons. The molecule has 0 fully saturated rings. The number of pyridine rings is 1. The Hall–Kier alpha value is -3.38. The van der Waals surface area contributed by atoms with E-state index in [0.29, 0.717) is 28.5 Å². The molecule has 0 bridgehead atoms. The van der Waals surface area contributed by atoms with Crippen LogP contribution in [0.5, 0.6) is 0 Å². The highest BCUT2D eigenvalue weighted by atomic mass is 35.5. The molecule has 0 aliphatic rings. The van der Waals surface area contributed by atoms with E-state index in [1.54, 1.807) is 42.5 Å². The van der Waals surface area contributed by atoms with Crippen molar-refractivity contribution in [2.45, 2.75) is 13.5 Å². The topological polar surface area (TPSA) is 80.2 Å². The average molecular weight is 396 g/mol. The van der Waals surface area contributed by atoms with Gasteiger partial charge in [0.1, 0.15) is 0 Å². The second-order valence-corrected chi connectivity index (χ2v) is 6.67. The maximum atomic E-state index is 12.6. The third-order valence-corrected chi connectivity index (χ3v) is 4.16. The van der Waals surface area contributed by atoms with Crippen LogP contribution in [-0.2, 0) is 11.3 Å². The molecule has 0 saturated heterocycles. The van der Waals surface area contributed by atoms with Crippen molar-refractivity contribution in [3.05, 3.63) is 93.4 Å². The van der Waals surface area contributed by atoms with Crippen molar-refractivity contribution in [2.75, 3.05) is 10.6 Å². The zero-order valence-corrected chi connectivity index (χ0v) is 15.9. The monoisotopic (exact) mass is 395 g/mol. The largest absolute Gasteiger partial charge is 0.326 e. The van der Waals surface area contributed by atoms with E-state index in [0.717, 1.165) is 5.56 Å². The van der Waals surface area contributed by atoms with Crippen LogP contribution in [0.4, 0.5) is 11.4 Å². The van der Waals surface area contributed by atoms with Gasteiger partial charge in [-0.25, -0.2) is 0 Å². The van der Waals surface area contributed by atoms with E-state index in [4.69, 9.17) is 11.6 Å². The molecule has 2 amide bonds. The van der Waals surface area contributed by atoms with Crippen molar-refractivity contribution in [1.29, 1.82) is 0 Å². The number of hydrogen-bond acceptors (Lipinski definition) is 3. The van der Waals surface area contributed by atoms with Crippen LogP contribution in [0.2, 0.25) is 5.02 Å². The van der Waals surface area contributed by atoms with Gasteiger partial charge >= 0.3 is 0 Å². The lowest BCUT2D eigenvalue weighted by atomic mass is 10.2. The minimum Gasteiger partial charge on any atom is -0.326 e. The maximum absolute atomic E-state index is 12.6. The molecule has 0 saturated carbocycles. The maximum Gasteiger partial charge on any atom is 0.257 e. The first kappa shape index (κ1) is 19.4. The summed E-state index contributed by atoms with van der Waals surface area (Å²) in [5.41, 5.74) is 2.09. The highest BCUT2D eigenvalue weighted by Crippen LogP contribution is 2.16. The molecule has 0 spiro atoms. The summed E-state index contributed by atoms with van der Waals surface area (Å²) in [6, 6.07) is 16.8. The van der Waals surface area contributed by atoms with Gasteiger partial charge in [-0.05, 0) is 42.0 Å². The molecule has 0 unspecified atom stereocenters. The van der Waals surface area contributed by atoms with Gasteiger partial charge in [-0.15, -0.1) is 0 Å². The zero-order chi connectivity index (χ0) is 20.1. The summed E-state index contributed by atoms with van der Waals surface area (Å²) in [5, 5.41) is 6.01. The Balaban J connectivity index is 1.79. The van der Waals surface area contributed by atoms with E-state index < -0.39 is 0 Å². The molecule has 1 heterocycles. The number of amides is 2. The predicted molar refractivity (Wildman–Crippen MR) is 110 cm³/mol. The van der Waals surface area contributed by atoms with Gasteiger partial charge in [-0.3, -0.25) is 14.4 Å². The standard InChI is InChI=1S/C21H18ClN3O3/c1-14(26)23-18-6-3-7-19(11-18)24-21(28)16-8-9-20(27)25(13-16)12-15-4-2-5-17(22)10-15/h2-11,13H,12H2,1H3,(H,23,26)(H,24,28). The third-order valence-electron chi connectivity index (χ3n) is 3.93. The lowest BCUT2D eigenvalue weighted by Gasteiger charge is -2.10. The summed E-state index contributed by atoms with van der Waals surface area (Å²) in [7, 11) is 0. The second-order valence-electron chi connectivity index (χ2n) is 6.23. The number of aromatic nitrogens is 1. The van der Waals surface area contributed by atoms with Gasteiger partial charge in [-0.1, -0.05) is 29.8 Å². The number of hydrogen-bond donors (Lipinski definition) is 2. The summed E-state index contributed by atoms with van der Waals surface area (Å²) < 4.78 is 1.45. The number of benzene rings is 2. The van der Waals surface area contributed by atoms with Crippen LogP contribution < -0.4 is 16.2 Å². The average Bonchev–Trinajstić information content (AvgIpc) is 2.63. The van der Waals surface area contributed by atoms with Crippen molar-refractivity contribution in [1.82, 2.24) is 4.57 Å². The van der Waals surface area contributed by atoms with E-state index in [2.05, 4.69) is 10.6 Å². The van der Waals surface area contributed by atoms with Crippen LogP contribution >= 0.6 is 11.6 Å². The molecule has 0 aliphatic carbocycles. The van der Waals surface area contributed by atoms with Gasteiger partial charge in [0.15, 0.2) is 0 Å². The molecular weight excluding hydrogens is 378 g/mol. The summed E-state index contributed by atoms with van der Waals surface area (Å²) in [6.07, 6.45) is 1.51. The second kappa shape index (κ2) is 8.54. The Kier molecular flexibility index (Phi) is 5.91. The SMILES string of the molecule is CC(=O)Nc1cccc(NC(=O)c2ccc(=O)n(Cc3cccc(Cl)c3)c2)c1. The summed E-state index contributed by atoms with van der Waals surface area (Å²) in [6.45, 7) is 1.72. The molecule has 1 aromatic heterocycles. The highest BCUT2D eigenvalue weighted by molar-refractivity contribution is 6.30. The number of rotatable bonds is 5. The molecule has 3 aromatic rings. The number of nitrogens with zero attached hydrogens (tertiary/aromatic N) is 1. The van der Waals surface area contributed by atoms with Crippen LogP contribution in [-0.4, -0.2) is 16.4 Å². The Labute approximate surface area is 166 Å². The van der Waals surface area contributed by atoms with Gasteiger partial charge < -0.3 is 15.2 Å². The Morgan fingerprint density at radius 1 is 0.964 bits per heavy atom. The Morgan fingerprint density at radius 2 is 1.68 bits per heavy atom. The van der Waals surface area contributed by atoms with Crippen molar-refractivity contribution < 1.29 is 9.59 Å². The highest BCUT2D eigenvalue weighted by Gasteiger charge is 2.09. The number of nitrogens with one attached hydrogen (secondary N) is 2. The van der Waals surface area contributed by atoms with E-state index in [1.807, 2.05) is 6.07 Å². The minimum atomic E-state index is -0.361. The molecule has 2 aromatic carbocycles. The molecule has 2 N–H and O–H groups in total.